The molecular formula is C17H22N2O3. The van der Waals surface area contributed by atoms with Crippen molar-refractivity contribution in [2.45, 2.75) is 33.3 Å². The van der Waals surface area contributed by atoms with Crippen LogP contribution in [0.5, 0.6) is 0 Å². The van der Waals surface area contributed by atoms with Crippen molar-refractivity contribution in [2.75, 3.05) is 6.54 Å². The molecule has 22 heavy (non-hydrogen) atoms. The Morgan fingerprint density at radius 3 is 2.64 bits per heavy atom. The van der Waals surface area contributed by atoms with Gasteiger partial charge in [-0.15, -0.1) is 0 Å². The number of hydrogen-bond acceptors (Lipinski definition) is 4. The lowest BCUT2D eigenvalue weighted by Crippen LogP contribution is -2.39. The van der Waals surface area contributed by atoms with Crippen LogP contribution in [0.1, 0.15) is 26.5 Å². The third kappa shape index (κ3) is 4.43. The molecule has 0 bridgehead atoms. The van der Waals surface area contributed by atoms with Crippen molar-refractivity contribution in [1.29, 1.82) is 0 Å². The number of aromatic nitrogens is 1. The van der Waals surface area contributed by atoms with Crippen molar-refractivity contribution in [2.24, 2.45) is 5.41 Å². The standard InChI is InChI=1S/C17H22N2O3/c1-17(2,3)14(20)10-18-15(21)9-13-11-22-16(19-13)12-7-5-4-6-8-12/h4-8,11,14,20H,9-10H2,1-3H3,(H,18,21). The second-order valence-electron chi connectivity index (χ2n) is 6.37. The lowest BCUT2D eigenvalue weighted by molar-refractivity contribution is -0.121. The van der Waals surface area contributed by atoms with Gasteiger partial charge < -0.3 is 14.8 Å². The molecule has 0 aliphatic carbocycles. The van der Waals surface area contributed by atoms with Crippen LogP contribution in [0.3, 0.4) is 0 Å². The highest BCUT2D eigenvalue weighted by molar-refractivity contribution is 5.78. The number of nitrogens with zero attached hydrogens (tertiary/aromatic N) is 1. The molecular weight excluding hydrogens is 280 g/mol. The predicted octanol–water partition coefficient (Wildman–Crippen LogP) is 2.41. The van der Waals surface area contributed by atoms with Gasteiger partial charge in [0, 0.05) is 12.1 Å². The van der Waals surface area contributed by atoms with E-state index in [0.29, 0.717) is 11.6 Å². The van der Waals surface area contributed by atoms with E-state index in [-0.39, 0.29) is 24.3 Å². The van der Waals surface area contributed by atoms with Crippen LogP contribution in [0.15, 0.2) is 41.0 Å². The summed E-state index contributed by atoms with van der Waals surface area (Å²) in [6.07, 6.45) is 1.03. The number of oxazole rings is 1. The number of carbonyl (C=O) groups is 1. The largest absolute Gasteiger partial charge is 0.444 e. The monoisotopic (exact) mass is 302 g/mol. The number of hydrogen-bond donors (Lipinski definition) is 2. The molecule has 5 nitrogen and oxygen atoms in total. The van der Waals surface area contributed by atoms with Crippen LogP contribution in [-0.4, -0.2) is 28.6 Å². The molecule has 2 N–H and O–H groups in total. The van der Waals surface area contributed by atoms with Gasteiger partial charge in [-0.25, -0.2) is 4.98 Å². The SMILES string of the molecule is CC(C)(C)C(O)CNC(=O)Cc1coc(-c2ccccc2)n1. The molecule has 0 spiro atoms. The van der Waals surface area contributed by atoms with Gasteiger partial charge in [0.05, 0.1) is 18.2 Å². The van der Waals surface area contributed by atoms with E-state index in [2.05, 4.69) is 10.3 Å². The molecule has 1 amide bonds. The van der Waals surface area contributed by atoms with Crippen molar-refractivity contribution in [3.8, 4) is 11.5 Å². The van der Waals surface area contributed by atoms with Crippen LogP contribution in [0.4, 0.5) is 0 Å². The Labute approximate surface area is 130 Å². The molecule has 0 radical (unpaired) electrons. The second kappa shape index (κ2) is 6.75. The first-order valence-corrected chi connectivity index (χ1v) is 7.31. The Balaban J connectivity index is 1.89. The van der Waals surface area contributed by atoms with Gasteiger partial charge in [0.1, 0.15) is 6.26 Å². The summed E-state index contributed by atoms with van der Waals surface area (Å²) in [5.41, 5.74) is 1.18. The Kier molecular flexibility index (Phi) is 4.98. The fourth-order valence-electron chi connectivity index (χ4n) is 1.85. The van der Waals surface area contributed by atoms with Gasteiger partial charge in [-0.1, -0.05) is 39.0 Å². The molecule has 1 aromatic carbocycles. The molecule has 118 valence electrons. The van der Waals surface area contributed by atoms with Crippen molar-refractivity contribution >= 4 is 5.91 Å². The van der Waals surface area contributed by atoms with Gasteiger partial charge in [-0.05, 0) is 17.5 Å². The average Bonchev–Trinajstić information content (AvgIpc) is 2.93. The van der Waals surface area contributed by atoms with Gasteiger partial charge in [-0.3, -0.25) is 4.79 Å². The zero-order chi connectivity index (χ0) is 16.2. The van der Waals surface area contributed by atoms with E-state index in [0.717, 1.165) is 5.56 Å². The quantitative estimate of drug-likeness (QED) is 0.889. The number of aliphatic hydroxyl groups excluding tert-OH is 1. The minimum Gasteiger partial charge on any atom is -0.444 e. The maximum absolute atomic E-state index is 11.9. The summed E-state index contributed by atoms with van der Waals surface area (Å²) in [5, 5.41) is 12.6. The molecule has 1 heterocycles. The van der Waals surface area contributed by atoms with E-state index in [1.807, 2.05) is 51.1 Å². The third-order valence-electron chi connectivity index (χ3n) is 3.41. The molecule has 0 aliphatic heterocycles. The number of carbonyl (C=O) groups excluding carboxylic acids is 1. The summed E-state index contributed by atoms with van der Waals surface area (Å²) in [4.78, 5) is 16.2. The maximum atomic E-state index is 11.9. The van der Waals surface area contributed by atoms with Crippen LogP contribution < -0.4 is 5.32 Å². The van der Waals surface area contributed by atoms with Gasteiger partial charge in [0.15, 0.2) is 0 Å². The molecule has 1 unspecified atom stereocenters. The summed E-state index contributed by atoms with van der Waals surface area (Å²) in [6, 6.07) is 9.52. The average molecular weight is 302 g/mol. The number of aliphatic hydroxyl groups is 1. The zero-order valence-electron chi connectivity index (χ0n) is 13.2. The van der Waals surface area contributed by atoms with E-state index in [1.165, 1.54) is 6.26 Å². The molecule has 0 aliphatic rings. The van der Waals surface area contributed by atoms with Gasteiger partial charge in [0.2, 0.25) is 11.8 Å². The lowest BCUT2D eigenvalue weighted by Gasteiger charge is -2.25. The van der Waals surface area contributed by atoms with E-state index < -0.39 is 6.10 Å². The number of rotatable bonds is 5. The van der Waals surface area contributed by atoms with E-state index in [1.54, 1.807) is 0 Å². The second-order valence-corrected chi connectivity index (χ2v) is 6.37. The normalized spacial score (nSPS) is 12.9. The third-order valence-corrected chi connectivity index (χ3v) is 3.41. The smallest absolute Gasteiger partial charge is 0.226 e. The summed E-state index contributed by atoms with van der Waals surface area (Å²) in [7, 11) is 0. The lowest BCUT2D eigenvalue weighted by atomic mass is 9.89. The van der Waals surface area contributed by atoms with Crippen molar-refractivity contribution < 1.29 is 14.3 Å². The summed E-state index contributed by atoms with van der Waals surface area (Å²) >= 11 is 0. The predicted molar refractivity (Wildman–Crippen MR) is 84.1 cm³/mol. The first-order chi connectivity index (χ1) is 10.4. The highest BCUT2D eigenvalue weighted by Gasteiger charge is 2.22. The van der Waals surface area contributed by atoms with Gasteiger partial charge in [0.25, 0.3) is 0 Å². The van der Waals surface area contributed by atoms with Crippen molar-refractivity contribution in [1.82, 2.24) is 10.3 Å². The maximum Gasteiger partial charge on any atom is 0.226 e. The van der Waals surface area contributed by atoms with Gasteiger partial charge in [-0.2, -0.15) is 0 Å². The fraction of sp³-hybridized carbons (Fsp3) is 0.412. The molecule has 2 rings (SSSR count). The molecule has 1 atom stereocenters. The topological polar surface area (TPSA) is 75.4 Å². The van der Waals surface area contributed by atoms with Crippen LogP contribution in [0.2, 0.25) is 0 Å². The minimum atomic E-state index is -0.589. The number of nitrogens with one attached hydrogen (secondary N) is 1. The number of benzene rings is 1. The molecule has 2 aromatic rings. The number of amides is 1. The highest BCUT2D eigenvalue weighted by Crippen LogP contribution is 2.19. The van der Waals surface area contributed by atoms with Crippen LogP contribution in [-0.2, 0) is 11.2 Å². The summed E-state index contributed by atoms with van der Waals surface area (Å²) in [5.74, 6) is 0.314. The van der Waals surface area contributed by atoms with E-state index >= 15 is 0 Å². The Morgan fingerprint density at radius 1 is 1.32 bits per heavy atom. The van der Waals surface area contributed by atoms with Crippen LogP contribution in [0, 0.1) is 5.41 Å². The summed E-state index contributed by atoms with van der Waals surface area (Å²) < 4.78 is 5.39. The van der Waals surface area contributed by atoms with E-state index in [9.17, 15) is 9.90 Å². The molecule has 5 heteroatoms. The Bertz CT molecular complexity index is 614. The first kappa shape index (κ1) is 16.2. The molecule has 0 saturated heterocycles. The molecule has 0 fully saturated rings. The van der Waals surface area contributed by atoms with Crippen LogP contribution >= 0.6 is 0 Å². The Morgan fingerprint density at radius 2 is 2.00 bits per heavy atom. The van der Waals surface area contributed by atoms with Crippen LogP contribution in [0.25, 0.3) is 11.5 Å². The van der Waals surface area contributed by atoms with Gasteiger partial charge >= 0.3 is 0 Å². The minimum absolute atomic E-state index is 0.132. The van der Waals surface area contributed by atoms with Crippen molar-refractivity contribution in [3.05, 3.63) is 42.3 Å². The fourth-order valence-corrected chi connectivity index (χ4v) is 1.85. The Hall–Kier alpha value is -2.14. The van der Waals surface area contributed by atoms with Crippen molar-refractivity contribution in [3.63, 3.8) is 0 Å². The summed E-state index contributed by atoms with van der Waals surface area (Å²) in [6.45, 7) is 6.00. The highest BCUT2D eigenvalue weighted by atomic mass is 16.3. The molecule has 0 saturated carbocycles. The zero-order valence-corrected chi connectivity index (χ0v) is 13.2. The first-order valence-electron chi connectivity index (χ1n) is 7.31. The molecule has 1 aromatic heterocycles. The van der Waals surface area contributed by atoms with E-state index in [4.69, 9.17) is 4.42 Å².